The zero-order chi connectivity index (χ0) is 12.7. The second-order valence-electron chi connectivity index (χ2n) is 3.98. The molecule has 0 bridgehead atoms. The molecule has 94 valence electrons. The molecule has 0 radical (unpaired) electrons. The fourth-order valence-corrected chi connectivity index (χ4v) is 2.41. The summed E-state index contributed by atoms with van der Waals surface area (Å²) in [7, 11) is 2.13. The van der Waals surface area contributed by atoms with Crippen LogP contribution in [0.1, 0.15) is 60.8 Å². The molecule has 2 atom stereocenters. The van der Waals surface area contributed by atoms with Crippen molar-refractivity contribution >= 4 is 11.5 Å². The first-order valence-electron chi connectivity index (χ1n) is 6.81. The largest absolute Gasteiger partial charge is 0.289 e. The number of nitrogens with zero attached hydrogens (tertiary/aromatic N) is 2. The molecular weight excluding hydrogens is 196 g/mol. The number of hydrogen-bond donors (Lipinski definition) is 0. The maximum absolute atomic E-state index is 4.70. The summed E-state index contributed by atoms with van der Waals surface area (Å²) in [6.07, 6.45) is 4.00. The third-order valence-corrected chi connectivity index (χ3v) is 3.38. The summed E-state index contributed by atoms with van der Waals surface area (Å²) in [5, 5.41) is 0. The summed E-state index contributed by atoms with van der Waals surface area (Å²) in [5.41, 5.74) is 1.52. The minimum atomic E-state index is 0.612. The predicted octanol–water partition coefficient (Wildman–Crippen LogP) is 3.74. The van der Waals surface area contributed by atoms with Crippen LogP contribution in [0.2, 0.25) is 0 Å². The van der Waals surface area contributed by atoms with E-state index in [2.05, 4.69) is 25.5 Å². The molecule has 2 rings (SSSR count). The molecule has 0 amide bonds. The average Bonchev–Trinajstić information content (AvgIpc) is 2.79. The number of fused-ring (bicyclic) bond motifs is 1. The maximum Gasteiger partial charge on any atom is 0.289 e. The van der Waals surface area contributed by atoms with E-state index in [-0.39, 0.29) is 0 Å². The van der Waals surface area contributed by atoms with Crippen molar-refractivity contribution in [1.82, 2.24) is 0 Å². The Morgan fingerprint density at radius 1 is 1.06 bits per heavy atom. The smallest absolute Gasteiger partial charge is 0.239 e. The van der Waals surface area contributed by atoms with Crippen molar-refractivity contribution in [1.29, 1.82) is 0 Å². The summed E-state index contributed by atoms with van der Waals surface area (Å²) in [6, 6.07) is 0.612. The maximum atomic E-state index is 4.70. The molecule has 2 unspecified atom stereocenters. The van der Waals surface area contributed by atoms with Crippen molar-refractivity contribution in [2.75, 3.05) is 7.05 Å². The number of hydrogen-bond acceptors (Lipinski definition) is 1. The van der Waals surface area contributed by atoms with Crippen LogP contribution < -0.4 is 0 Å². The molecule has 1 fully saturated rings. The molecule has 1 heterocycles. The standard InChI is InChI=1S/C10H17N2.2C2H6/c1-7-9-5-4-6-10(9)11-8(2)12(7)3;2*1-2/h9-10H,4-6H2,1-3H3;2*1-2H3/q+1;;. The van der Waals surface area contributed by atoms with Gasteiger partial charge in [0.1, 0.15) is 0 Å². The van der Waals surface area contributed by atoms with Crippen molar-refractivity contribution in [3.63, 3.8) is 0 Å². The lowest BCUT2D eigenvalue weighted by atomic mass is 9.97. The van der Waals surface area contributed by atoms with E-state index >= 15 is 0 Å². The molecule has 2 heteroatoms. The van der Waals surface area contributed by atoms with Crippen molar-refractivity contribution in [2.45, 2.75) is 66.8 Å². The predicted molar refractivity (Wildman–Crippen MR) is 73.8 cm³/mol. The van der Waals surface area contributed by atoms with E-state index in [9.17, 15) is 0 Å². The summed E-state index contributed by atoms with van der Waals surface area (Å²) in [4.78, 5) is 4.70. The highest BCUT2D eigenvalue weighted by Crippen LogP contribution is 2.31. The Hall–Kier alpha value is -0.660. The van der Waals surface area contributed by atoms with Crippen LogP contribution in [0.5, 0.6) is 0 Å². The highest BCUT2D eigenvalue weighted by atomic mass is 15.1. The van der Waals surface area contributed by atoms with Crippen LogP contribution in [0.4, 0.5) is 0 Å². The van der Waals surface area contributed by atoms with Crippen LogP contribution in [-0.4, -0.2) is 29.2 Å². The van der Waals surface area contributed by atoms with Gasteiger partial charge >= 0.3 is 0 Å². The summed E-state index contributed by atoms with van der Waals surface area (Å²) < 4.78 is 2.24. The van der Waals surface area contributed by atoms with E-state index < -0.39 is 0 Å². The molecule has 1 aliphatic carbocycles. The Bertz CT molecular complexity index is 264. The summed E-state index contributed by atoms with van der Waals surface area (Å²) in [6.45, 7) is 12.4. The Balaban J connectivity index is 0.000000509. The quantitative estimate of drug-likeness (QED) is 0.558. The molecule has 0 aromatic carbocycles. The van der Waals surface area contributed by atoms with Gasteiger partial charge in [-0.25, -0.2) is 4.58 Å². The highest BCUT2D eigenvalue weighted by Gasteiger charge is 2.38. The van der Waals surface area contributed by atoms with E-state index in [0.29, 0.717) is 6.04 Å². The van der Waals surface area contributed by atoms with Gasteiger partial charge in [0.05, 0.1) is 18.7 Å². The van der Waals surface area contributed by atoms with Crippen molar-refractivity contribution < 1.29 is 4.58 Å². The first-order valence-corrected chi connectivity index (χ1v) is 6.81. The van der Waals surface area contributed by atoms with Gasteiger partial charge in [0.25, 0.3) is 5.84 Å². The van der Waals surface area contributed by atoms with E-state index in [4.69, 9.17) is 4.99 Å². The molecule has 16 heavy (non-hydrogen) atoms. The molecule has 0 N–H and O–H groups in total. The van der Waals surface area contributed by atoms with Crippen LogP contribution in [0, 0.1) is 5.92 Å². The first kappa shape index (κ1) is 15.3. The molecular formula is C14H29N2+. The van der Waals surface area contributed by atoms with Crippen LogP contribution in [0.3, 0.4) is 0 Å². The molecule has 0 aromatic rings. The van der Waals surface area contributed by atoms with Crippen molar-refractivity contribution in [2.24, 2.45) is 10.9 Å². The fourth-order valence-electron chi connectivity index (χ4n) is 2.41. The van der Waals surface area contributed by atoms with Gasteiger partial charge in [0.2, 0.25) is 0 Å². The molecule has 1 aliphatic heterocycles. The van der Waals surface area contributed by atoms with E-state index in [1.807, 2.05) is 27.7 Å². The monoisotopic (exact) mass is 225 g/mol. The lowest BCUT2D eigenvalue weighted by Crippen LogP contribution is -2.35. The van der Waals surface area contributed by atoms with E-state index in [1.54, 1.807) is 0 Å². The van der Waals surface area contributed by atoms with Crippen LogP contribution in [0.25, 0.3) is 0 Å². The molecule has 0 saturated heterocycles. The Morgan fingerprint density at radius 3 is 2.19 bits per heavy atom. The third-order valence-electron chi connectivity index (χ3n) is 3.38. The van der Waals surface area contributed by atoms with Gasteiger partial charge in [-0.15, -0.1) is 0 Å². The van der Waals surface area contributed by atoms with Crippen LogP contribution in [0.15, 0.2) is 4.99 Å². The van der Waals surface area contributed by atoms with E-state index in [1.165, 1.54) is 30.8 Å². The Kier molecular flexibility index (Phi) is 7.27. The second-order valence-corrected chi connectivity index (χ2v) is 3.98. The van der Waals surface area contributed by atoms with Gasteiger partial charge in [-0.1, -0.05) is 32.7 Å². The fraction of sp³-hybridized carbons (Fsp3) is 0.857. The van der Waals surface area contributed by atoms with Crippen molar-refractivity contribution in [3.8, 4) is 0 Å². The topological polar surface area (TPSA) is 15.4 Å². The van der Waals surface area contributed by atoms with Gasteiger partial charge in [0.15, 0.2) is 6.04 Å². The highest BCUT2D eigenvalue weighted by molar-refractivity contribution is 5.89. The average molecular weight is 225 g/mol. The SMILES string of the molecule is CC.CC.CC1=NC2CCCC2C(C)=[N+]1C. The normalized spacial score (nSPS) is 27.1. The van der Waals surface area contributed by atoms with Crippen molar-refractivity contribution in [3.05, 3.63) is 0 Å². The lowest BCUT2D eigenvalue weighted by molar-refractivity contribution is -0.379. The molecule has 0 aromatic heterocycles. The van der Waals surface area contributed by atoms with Gasteiger partial charge in [-0.2, -0.15) is 0 Å². The lowest BCUT2D eigenvalue weighted by Gasteiger charge is -2.18. The number of aliphatic imine (C=N–C) groups is 1. The third kappa shape index (κ3) is 3.16. The molecule has 2 nitrogen and oxygen atoms in total. The minimum absolute atomic E-state index is 0.612. The summed E-state index contributed by atoms with van der Waals surface area (Å²) in [5.74, 6) is 1.94. The van der Waals surface area contributed by atoms with Gasteiger partial charge in [-0.05, 0) is 26.2 Å². The zero-order valence-corrected chi connectivity index (χ0v) is 12.2. The minimum Gasteiger partial charge on any atom is -0.239 e. The molecule has 2 aliphatic rings. The summed E-state index contributed by atoms with van der Waals surface area (Å²) >= 11 is 0. The first-order chi connectivity index (χ1) is 7.70. The van der Waals surface area contributed by atoms with Gasteiger partial charge in [-0.3, -0.25) is 0 Å². The zero-order valence-electron chi connectivity index (χ0n) is 12.2. The van der Waals surface area contributed by atoms with E-state index in [0.717, 1.165) is 5.92 Å². The Morgan fingerprint density at radius 2 is 1.62 bits per heavy atom. The second kappa shape index (κ2) is 7.59. The Labute approximate surface area is 101 Å². The van der Waals surface area contributed by atoms with Crippen LogP contribution >= 0.6 is 0 Å². The molecule has 0 spiro atoms. The van der Waals surface area contributed by atoms with Crippen LogP contribution in [-0.2, 0) is 0 Å². The number of amidine groups is 1. The number of rotatable bonds is 0. The molecule has 1 saturated carbocycles. The van der Waals surface area contributed by atoms with Gasteiger partial charge < -0.3 is 0 Å². The van der Waals surface area contributed by atoms with Gasteiger partial charge in [0, 0.05) is 6.92 Å².